The second-order valence-electron chi connectivity index (χ2n) is 6.20. The van der Waals surface area contributed by atoms with E-state index in [1.807, 2.05) is 0 Å². The predicted octanol–water partition coefficient (Wildman–Crippen LogP) is 2.00. The summed E-state index contributed by atoms with van der Waals surface area (Å²) in [5.41, 5.74) is 0.550. The maximum atomic E-state index is 3.74. The summed E-state index contributed by atoms with van der Waals surface area (Å²) in [5.74, 6) is 1.00. The summed E-state index contributed by atoms with van der Waals surface area (Å²) in [7, 11) is 0. The van der Waals surface area contributed by atoms with Crippen molar-refractivity contribution >= 4 is 0 Å². The van der Waals surface area contributed by atoms with Crippen LogP contribution in [0.5, 0.6) is 0 Å². The molecule has 0 aromatic carbocycles. The molecule has 0 spiro atoms. The summed E-state index contributed by atoms with van der Waals surface area (Å²) in [6.07, 6.45) is 7.23. The van der Waals surface area contributed by atoms with E-state index in [0.29, 0.717) is 5.54 Å². The van der Waals surface area contributed by atoms with Crippen LogP contribution in [0.15, 0.2) is 0 Å². The molecule has 1 saturated heterocycles. The van der Waals surface area contributed by atoms with E-state index in [1.165, 1.54) is 45.2 Å². The molecule has 1 aliphatic heterocycles. The summed E-state index contributed by atoms with van der Waals surface area (Å²) in [4.78, 5) is 2.80. The number of hydrogen-bond acceptors (Lipinski definition) is 2. The quantitative estimate of drug-likeness (QED) is 0.746. The lowest BCUT2D eigenvalue weighted by Gasteiger charge is -2.54. The third kappa shape index (κ3) is 1.72. The molecule has 3 aliphatic rings. The molecule has 3 rings (SSSR count). The Morgan fingerprint density at radius 1 is 1.27 bits per heavy atom. The van der Waals surface area contributed by atoms with Gasteiger partial charge in [0, 0.05) is 30.7 Å². The van der Waals surface area contributed by atoms with Crippen molar-refractivity contribution in [3.05, 3.63) is 0 Å². The van der Waals surface area contributed by atoms with E-state index in [-0.39, 0.29) is 0 Å². The highest BCUT2D eigenvalue weighted by Crippen LogP contribution is 2.41. The maximum Gasteiger partial charge on any atom is 0.0224 e. The molecule has 2 heteroatoms. The zero-order valence-corrected chi connectivity index (χ0v) is 10.1. The molecule has 0 aromatic heterocycles. The van der Waals surface area contributed by atoms with E-state index in [2.05, 4.69) is 24.1 Å². The van der Waals surface area contributed by atoms with Crippen molar-refractivity contribution in [1.29, 1.82) is 0 Å². The van der Waals surface area contributed by atoms with Crippen molar-refractivity contribution in [2.75, 3.05) is 13.1 Å². The minimum atomic E-state index is 0.550. The largest absolute Gasteiger partial charge is 0.311 e. The van der Waals surface area contributed by atoms with Crippen LogP contribution in [0.2, 0.25) is 0 Å². The summed E-state index contributed by atoms with van der Waals surface area (Å²) in [5, 5.41) is 3.74. The topological polar surface area (TPSA) is 15.3 Å². The molecule has 86 valence electrons. The van der Waals surface area contributed by atoms with E-state index in [1.54, 1.807) is 0 Å². The normalized spacial score (nSPS) is 41.2. The average molecular weight is 208 g/mol. The Balaban J connectivity index is 1.68. The van der Waals surface area contributed by atoms with E-state index in [4.69, 9.17) is 0 Å². The van der Waals surface area contributed by atoms with Crippen molar-refractivity contribution in [3.8, 4) is 0 Å². The van der Waals surface area contributed by atoms with Gasteiger partial charge in [-0.05, 0) is 51.9 Å². The van der Waals surface area contributed by atoms with Gasteiger partial charge >= 0.3 is 0 Å². The number of nitrogens with one attached hydrogen (secondary N) is 1. The molecule has 2 unspecified atom stereocenters. The van der Waals surface area contributed by atoms with Gasteiger partial charge in [0.2, 0.25) is 0 Å². The van der Waals surface area contributed by atoms with Crippen molar-refractivity contribution in [3.63, 3.8) is 0 Å². The Morgan fingerprint density at radius 2 is 2.00 bits per heavy atom. The average Bonchev–Trinajstić information content (AvgIpc) is 2.98. The first kappa shape index (κ1) is 10.1. The Labute approximate surface area is 93.4 Å². The molecule has 1 heterocycles. The van der Waals surface area contributed by atoms with Crippen molar-refractivity contribution < 1.29 is 0 Å². The highest BCUT2D eigenvalue weighted by atomic mass is 15.3. The lowest BCUT2D eigenvalue weighted by atomic mass is 9.75. The molecule has 0 amide bonds. The van der Waals surface area contributed by atoms with Gasteiger partial charge < -0.3 is 5.32 Å². The lowest BCUT2D eigenvalue weighted by Crippen LogP contribution is -2.65. The van der Waals surface area contributed by atoms with Crippen LogP contribution in [0.3, 0.4) is 0 Å². The molecule has 0 aromatic rings. The zero-order valence-electron chi connectivity index (χ0n) is 10.1. The molecule has 2 aliphatic carbocycles. The monoisotopic (exact) mass is 208 g/mol. The van der Waals surface area contributed by atoms with Crippen LogP contribution in [0.1, 0.15) is 46.0 Å². The van der Waals surface area contributed by atoms with Crippen LogP contribution in [0.4, 0.5) is 0 Å². The highest BCUT2D eigenvalue weighted by molar-refractivity contribution is 5.02. The molecule has 3 fully saturated rings. The van der Waals surface area contributed by atoms with Gasteiger partial charge in [-0.25, -0.2) is 0 Å². The smallest absolute Gasteiger partial charge is 0.0224 e. The third-order valence-corrected chi connectivity index (χ3v) is 4.92. The zero-order chi connectivity index (χ0) is 10.5. The van der Waals surface area contributed by atoms with E-state index < -0.39 is 0 Å². The lowest BCUT2D eigenvalue weighted by molar-refractivity contribution is -0.0249. The van der Waals surface area contributed by atoms with E-state index in [0.717, 1.165) is 18.0 Å². The van der Waals surface area contributed by atoms with Gasteiger partial charge in [0.15, 0.2) is 0 Å². The maximum absolute atomic E-state index is 3.74. The van der Waals surface area contributed by atoms with Crippen LogP contribution in [0.25, 0.3) is 0 Å². The molecule has 2 saturated carbocycles. The highest BCUT2D eigenvalue weighted by Gasteiger charge is 2.45. The van der Waals surface area contributed by atoms with Crippen LogP contribution in [-0.4, -0.2) is 35.6 Å². The van der Waals surface area contributed by atoms with Gasteiger partial charge in [-0.3, -0.25) is 4.90 Å². The Bertz CT molecular complexity index is 243. The molecule has 2 nitrogen and oxygen atoms in total. The van der Waals surface area contributed by atoms with Crippen LogP contribution in [-0.2, 0) is 0 Å². The minimum absolute atomic E-state index is 0.550. The van der Waals surface area contributed by atoms with Gasteiger partial charge in [0.05, 0.1) is 0 Å². The first-order valence-corrected chi connectivity index (χ1v) is 6.69. The fourth-order valence-electron chi connectivity index (χ4n) is 3.43. The summed E-state index contributed by atoms with van der Waals surface area (Å²) >= 11 is 0. The second-order valence-corrected chi connectivity index (χ2v) is 6.20. The van der Waals surface area contributed by atoms with Gasteiger partial charge in [-0.1, -0.05) is 0 Å². The van der Waals surface area contributed by atoms with Gasteiger partial charge in [-0.2, -0.15) is 0 Å². The SMILES string of the molecule is CC1CNC(C2CC2)CN1C1(C)CCC1. The summed E-state index contributed by atoms with van der Waals surface area (Å²) in [6, 6.07) is 1.55. The molecule has 0 bridgehead atoms. The number of piperazine rings is 1. The van der Waals surface area contributed by atoms with Crippen molar-refractivity contribution in [1.82, 2.24) is 10.2 Å². The standard InChI is InChI=1S/C13H24N2/c1-10-8-14-12(11-4-5-11)9-15(10)13(2)6-3-7-13/h10-12,14H,3-9H2,1-2H3. The van der Waals surface area contributed by atoms with Gasteiger partial charge in [0.1, 0.15) is 0 Å². The first-order chi connectivity index (χ1) is 7.19. The van der Waals surface area contributed by atoms with Gasteiger partial charge in [-0.15, -0.1) is 0 Å². The second kappa shape index (κ2) is 3.46. The number of hydrogen-bond donors (Lipinski definition) is 1. The fraction of sp³-hybridized carbons (Fsp3) is 1.00. The predicted molar refractivity (Wildman–Crippen MR) is 62.9 cm³/mol. The van der Waals surface area contributed by atoms with Crippen molar-refractivity contribution in [2.45, 2.75) is 63.6 Å². The van der Waals surface area contributed by atoms with Crippen LogP contribution < -0.4 is 5.32 Å². The Morgan fingerprint density at radius 3 is 2.53 bits per heavy atom. The molecule has 0 radical (unpaired) electrons. The molecule has 1 N–H and O–H groups in total. The third-order valence-electron chi connectivity index (χ3n) is 4.92. The molecule has 2 atom stereocenters. The molecular weight excluding hydrogens is 184 g/mol. The van der Waals surface area contributed by atoms with E-state index >= 15 is 0 Å². The molecular formula is C13H24N2. The minimum Gasteiger partial charge on any atom is -0.311 e. The van der Waals surface area contributed by atoms with Crippen molar-refractivity contribution in [2.24, 2.45) is 5.92 Å². The van der Waals surface area contributed by atoms with Gasteiger partial charge in [0.25, 0.3) is 0 Å². The Kier molecular flexibility index (Phi) is 2.33. The van der Waals surface area contributed by atoms with Crippen LogP contribution >= 0.6 is 0 Å². The van der Waals surface area contributed by atoms with E-state index in [9.17, 15) is 0 Å². The first-order valence-electron chi connectivity index (χ1n) is 6.69. The van der Waals surface area contributed by atoms with Crippen LogP contribution in [0, 0.1) is 5.92 Å². The Hall–Kier alpha value is -0.0800. The fourth-order valence-corrected chi connectivity index (χ4v) is 3.43. The number of nitrogens with zero attached hydrogens (tertiary/aromatic N) is 1. The molecule has 15 heavy (non-hydrogen) atoms. The summed E-state index contributed by atoms with van der Waals surface area (Å²) < 4.78 is 0. The summed E-state index contributed by atoms with van der Waals surface area (Å²) in [6.45, 7) is 7.38. The number of rotatable bonds is 2.